The van der Waals surface area contributed by atoms with Crippen molar-refractivity contribution < 1.29 is 9.53 Å². The van der Waals surface area contributed by atoms with Crippen molar-refractivity contribution in [1.29, 1.82) is 0 Å². The van der Waals surface area contributed by atoms with Gasteiger partial charge in [-0.15, -0.1) is 0 Å². The normalized spacial score (nSPS) is 15.7. The number of aryl methyl sites for hydroxylation is 1. The van der Waals surface area contributed by atoms with Crippen molar-refractivity contribution in [3.05, 3.63) is 101 Å². The third-order valence-corrected chi connectivity index (χ3v) is 5.51. The zero-order valence-electron chi connectivity index (χ0n) is 16.1. The molecule has 28 heavy (non-hydrogen) atoms. The Balaban J connectivity index is 1.65. The van der Waals surface area contributed by atoms with Gasteiger partial charge in [0, 0.05) is 0 Å². The number of fused-ring (bicyclic) bond motifs is 1. The number of hydrogen-bond donors (Lipinski definition) is 1. The Bertz CT molecular complexity index is 898. The Morgan fingerprint density at radius 1 is 0.964 bits per heavy atom. The van der Waals surface area contributed by atoms with E-state index in [2.05, 4.69) is 17.4 Å². The average Bonchev–Trinajstić information content (AvgIpc) is 2.75. The van der Waals surface area contributed by atoms with Crippen molar-refractivity contribution in [3.8, 4) is 5.75 Å². The Hall–Kier alpha value is -3.07. The third-order valence-electron chi connectivity index (χ3n) is 5.51. The van der Waals surface area contributed by atoms with Crippen molar-refractivity contribution in [2.45, 2.75) is 31.2 Å². The molecular weight excluding hydrogens is 346 g/mol. The summed E-state index contributed by atoms with van der Waals surface area (Å²) in [6.07, 6.45) is 3.07. The molecule has 1 N–H and O–H groups in total. The summed E-state index contributed by atoms with van der Waals surface area (Å²) in [5.41, 5.74) is 4.49. The molecule has 0 spiro atoms. The molecule has 1 amide bonds. The summed E-state index contributed by atoms with van der Waals surface area (Å²) in [6, 6.07) is 26.2. The van der Waals surface area contributed by atoms with Crippen molar-refractivity contribution in [3.63, 3.8) is 0 Å². The Morgan fingerprint density at radius 3 is 2.21 bits per heavy atom. The highest BCUT2D eigenvalue weighted by Crippen LogP contribution is 2.34. The maximum Gasteiger partial charge on any atom is 0.232 e. The molecule has 0 aliphatic heterocycles. The standard InChI is InChI=1S/C25H25NO2/c1-28-21-16-15-18-13-8-14-23(22(18)17-21)26-25(27)24(19-9-4-2-5-10-19)20-11-6-3-7-12-20/h2-7,9-12,15-17,23-24H,8,13-14H2,1H3,(H,26,27). The largest absolute Gasteiger partial charge is 0.497 e. The van der Waals surface area contributed by atoms with Crippen LogP contribution in [0.5, 0.6) is 5.75 Å². The van der Waals surface area contributed by atoms with E-state index in [-0.39, 0.29) is 17.9 Å². The highest BCUT2D eigenvalue weighted by atomic mass is 16.5. The molecule has 0 heterocycles. The lowest BCUT2D eigenvalue weighted by molar-refractivity contribution is -0.122. The molecule has 1 aliphatic carbocycles. The van der Waals surface area contributed by atoms with Gasteiger partial charge in [0.05, 0.1) is 19.1 Å². The number of rotatable bonds is 5. The minimum absolute atomic E-state index is 0.0151. The lowest BCUT2D eigenvalue weighted by atomic mass is 9.86. The van der Waals surface area contributed by atoms with E-state index in [1.807, 2.05) is 66.7 Å². The van der Waals surface area contributed by atoms with Crippen molar-refractivity contribution in [2.75, 3.05) is 7.11 Å². The van der Waals surface area contributed by atoms with Gasteiger partial charge in [0.1, 0.15) is 5.75 Å². The number of methoxy groups -OCH3 is 1. The topological polar surface area (TPSA) is 38.3 Å². The Labute approximate surface area is 166 Å². The maximum absolute atomic E-state index is 13.4. The van der Waals surface area contributed by atoms with Gasteiger partial charge in [-0.25, -0.2) is 0 Å². The lowest BCUT2D eigenvalue weighted by Gasteiger charge is -2.29. The van der Waals surface area contributed by atoms with Crippen molar-refractivity contribution in [1.82, 2.24) is 5.32 Å². The first-order valence-electron chi connectivity index (χ1n) is 9.83. The molecule has 1 atom stereocenters. The fraction of sp³-hybridized carbons (Fsp3) is 0.240. The molecule has 0 saturated carbocycles. The van der Waals surface area contributed by atoms with Crippen molar-refractivity contribution in [2.24, 2.45) is 0 Å². The number of benzene rings is 3. The summed E-state index contributed by atoms with van der Waals surface area (Å²) in [6.45, 7) is 0. The summed E-state index contributed by atoms with van der Waals surface area (Å²) in [5.74, 6) is 0.555. The first-order chi connectivity index (χ1) is 13.8. The summed E-state index contributed by atoms with van der Waals surface area (Å²) in [7, 11) is 1.68. The second kappa shape index (κ2) is 8.30. The molecule has 3 aromatic carbocycles. The molecular formula is C25H25NO2. The van der Waals surface area contributed by atoms with E-state index < -0.39 is 0 Å². The molecule has 3 aromatic rings. The molecule has 3 heteroatoms. The minimum Gasteiger partial charge on any atom is -0.497 e. The van der Waals surface area contributed by atoms with E-state index in [1.54, 1.807) is 7.11 Å². The molecule has 0 fully saturated rings. The Kier molecular flexibility index (Phi) is 5.43. The van der Waals surface area contributed by atoms with Crippen LogP contribution in [0.1, 0.15) is 47.1 Å². The van der Waals surface area contributed by atoms with Crippen LogP contribution >= 0.6 is 0 Å². The molecule has 4 rings (SSSR count). The van der Waals surface area contributed by atoms with Gasteiger partial charge in [-0.2, -0.15) is 0 Å². The number of carbonyl (C=O) groups excluding carboxylic acids is 1. The Morgan fingerprint density at radius 2 is 1.61 bits per heavy atom. The van der Waals surface area contributed by atoms with E-state index >= 15 is 0 Å². The lowest BCUT2D eigenvalue weighted by Crippen LogP contribution is -2.35. The molecule has 1 unspecified atom stereocenters. The predicted molar refractivity (Wildman–Crippen MR) is 112 cm³/mol. The van der Waals surface area contributed by atoms with Crippen molar-refractivity contribution >= 4 is 5.91 Å². The second-order valence-electron chi connectivity index (χ2n) is 7.27. The van der Waals surface area contributed by atoms with Gasteiger partial charge in [0.15, 0.2) is 0 Å². The summed E-state index contributed by atoms with van der Waals surface area (Å²) in [4.78, 5) is 13.4. The van der Waals surface area contributed by atoms with E-state index in [0.29, 0.717) is 0 Å². The van der Waals surface area contributed by atoms with Crippen LogP contribution in [0.15, 0.2) is 78.9 Å². The van der Waals surface area contributed by atoms with Gasteiger partial charge >= 0.3 is 0 Å². The van der Waals surface area contributed by atoms with E-state index in [1.165, 1.54) is 11.1 Å². The fourth-order valence-corrected chi connectivity index (χ4v) is 4.10. The average molecular weight is 371 g/mol. The summed E-state index contributed by atoms with van der Waals surface area (Å²) in [5, 5.41) is 3.33. The first kappa shape index (κ1) is 18.3. The monoisotopic (exact) mass is 371 g/mol. The van der Waals surface area contributed by atoms with Gasteiger partial charge in [0.25, 0.3) is 0 Å². The zero-order chi connectivity index (χ0) is 19.3. The molecule has 0 aromatic heterocycles. The highest BCUT2D eigenvalue weighted by Gasteiger charge is 2.28. The SMILES string of the molecule is COc1ccc2c(c1)C(NC(=O)C(c1ccccc1)c1ccccc1)CCC2. The van der Waals surface area contributed by atoms with Gasteiger partial charge in [0.2, 0.25) is 5.91 Å². The third kappa shape index (κ3) is 3.79. The van der Waals surface area contributed by atoms with E-state index in [4.69, 9.17) is 4.74 Å². The van der Waals surface area contributed by atoms with Crippen LogP contribution in [0, 0.1) is 0 Å². The van der Waals surface area contributed by atoms with Gasteiger partial charge in [-0.1, -0.05) is 66.7 Å². The number of amides is 1. The van der Waals surface area contributed by atoms with Crippen LogP contribution in [0.4, 0.5) is 0 Å². The number of hydrogen-bond acceptors (Lipinski definition) is 2. The molecule has 0 bridgehead atoms. The second-order valence-corrected chi connectivity index (χ2v) is 7.27. The van der Waals surface area contributed by atoms with Crippen LogP contribution in [0.3, 0.4) is 0 Å². The molecule has 0 radical (unpaired) electrons. The minimum atomic E-state index is -0.321. The molecule has 0 saturated heterocycles. The van der Waals surface area contributed by atoms with Gasteiger partial charge < -0.3 is 10.1 Å². The van der Waals surface area contributed by atoms with Crippen LogP contribution in [-0.4, -0.2) is 13.0 Å². The van der Waals surface area contributed by atoms with E-state index in [9.17, 15) is 4.79 Å². The number of carbonyl (C=O) groups is 1. The zero-order valence-corrected chi connectivity index (χ0v) is 16.1. The smallest absolute Gasteiger partial charge is 0.232 e. The van der Waals surface area contributed by atoms with Crippen LogP contribution in [-0.2, 0) is 11.2 Å². The molecule has 1 aliphatic rings. The molecule has 3 nitrogen and oxygen atoms in total. The maximum atomic E-state index is 13.4. The van der Waals surface area contributed by atoms with Gasteiger partial charge in [-0.3, -0.25) is 4.79 Å². The predicted octanol–water partition coefficient (Wildman–Crippen LogP) is 5.02. The quantitative estimate of drug-likeness (QED) is 0.684. The van der Waals surface area contributed by atoms with Gasteiger partial charge in [-0.05, 0) is 53.6 Å². The fourth-order valence-electron chi connectivity index (χ4n) is 4.10. The molecule has 142 valence electrons. The number of nitrogens with one attached hydrogen (secondary N) is 1. The van der Waals surface area contributed by atoms with E-state index in [0.717, 1.165) is 36.1 Å². The highest BCUT2D eigenvalue weighted by molar-refractivity contribution is 5.87. The van der Waals surface area contributed by atoms with Crippen LogP contribution < -0.4 is 10.1 Å². The summed E-state index contributed by atoms with van der Waals surface area (Å²) >= 11 is 0. The van der Waals surface area contributed by atoms with Crippen LogP contribution in [0.25, 0.3) is 0 Å². The summed E-state index contributed by atoms with van der Waals surface area (Å²) < 4.78 is 5.41. The first-order valence-corrected chi connectivity index (χ1v) is 9.83. The number of ether oxygens (including phenoxy) is 1. The van der Waals surface area contributed by atoms with Crippen LogP contribution in [0.2, 0.25) is 0 Å².